The van der Waals surface area contributed by atoms with Crippen molar-refractivity contribution in [3.63, 3.8) is 0 Å². The molecule has 1 saturated heterocycles. The summed E-state index contributed by atoms with van der Waals surface area (Å²) < 4.78 is 0. The molecule has 1 aromatic rings. The second-order valence-corrected chi connectivity index (χ2v) is 5.40. The highest BCUT2D eigenvalue weighted by Gasteiger charge is 2.28. The van der Waals surface area contributed by atoms with Gasteiger partial charge in [0.15, 0.2) is 0 Å². The lowest BCUT2D eigenvalue weighted by molar-refractivity contribution is -0.138. The fourth-order valence-electron chi connectivity index (χ4n) is 2.43. The van der Waals surface area contributed by atoms with Gasteiger partial charge in [-0.1, -0.05) is 17.7 Å². The van der Waals surface area contributed by atoms with Gasteiger partial charge in [0.1, 0.15) is 0 Å². The predicted octanol–water partition coefficient (Wildman–Crippen LogP) is 2.59. The molecule has 1 aliphatic rings. The van der Waals surface area contributed by atoms with Crippen molar-refractivity contribution >= 4 is 23.5 Å². The van der Waals surface area contributed by atoms with Crippen LogP contribution < -0.4 is 0 Å². The lowest BCUT2D eigenvalue weighted by atomic mass is 10.1. The minimum atomic E-state index is -0.807. The van der Waals surface area contributed by atoms with E-state index in [0.717, 1.165) is 12.0 Å². The molecule has 4 nitrogen and oxygen atoms in total. The first-order valence-electron chi connectivity index (χ1n) is 6.24. The molecule has 1 aliphatic heterocycles. The normalized spacial score (nSPS) is 18.6. The maximum absolute atomic E-state index is 12.4. The van der Waals surface area contributed by atoms with Crippen LogP contribution in [0.15, 0.2) is 18.2 Å². The minimum Gasteiger partial charge on any atom is -0.481 e. The fourth-order valence-corrected chi connectivity index (χ4v) is 2.60. The molecule has 0 aromatic heterocycles. The number of carboxylic acid groups (broad SMARTS) is 1. The Bertz CT molecular complexity index is 515. The number of nitrogens with zero attached hydrogens (tertiary/aromatic N) is 1. The van der Waals surface area contributed by atoms with Gasteiger partial charge in [0, 0.05) is 30.1 Å². The summed E-state index contributed by atoms with van der Waals surface area (Å²) >= 11 is 5.92. The zero-order chi connectivity index (χ0) is 14.0. The van der Waals surface area contributed by atoms with Crippen molar-refractivity contribution < 1.29 is 14.7 Å². The second-order valence-electron chi connectivity index (χ2n) is 4.96. The van der Waals surface area contributed by atoms with Crippen molar-refractivity contribution in [2.24, 2.45) is 5.92 Å². The van der Waals surface area contributed by atoms with Crippen LogP contribution in [0.1, 0.15) is 28.8 Å². The number of carbonyl (C=O) groups is 2. The number of benzene rings is 1. The third kappa shape index (κ3) is 3.26. The number of rotatable bonds is 3. The number of carboxylic acids is 1. The average molecular weight is 282 g/mol. The summed E-state index contributed by atoms with van der Waals surface area (Å²) in [4.78, 5) is 24.8. The lowest BCUT2D eigenvalue weighted by Gasteiger charge is -2.17. The largest absolute Gasteiger partial charge is 0.481 e. The van der Waals surface area contributed by atoms with Crippen LogP contribution in [0.5, 0.6) is 0 Å². The highest BCUT2D eigenvalue weighted by molar-refractivity contribution is 6.31. The minimum absolute atomic E-state index is 0.0564. The molecule has 5 heteroatoms. The van der Waals surface area contributed by atoms with Crippen molar-refractivity contribution in [2.75, 3.05) is 13.1 Å². The van der Waals surface area contributed by atoms with Gasteiger partial charge in [-0.15, -0.1) is 0 Å². The summed E-state index contributed by atoms with van der Waals surface area (Å²) in [6.45, 7) is 2.99. The van der Waals surface area contributed by atoms with E-state index >= 15 is 0 Å². The first-order chi connectivity index (χ1) is 8.97. The number of hydrogen-bond acceptors (Lipinski definition) is 2. The van der Waals surface area contributed by atoms with Gasteiger partial charge < -0.3 is 10.0 Å². The Morgan fingerprint density at radius 2 is 2.21 bits per heavy atom. The highest BCUT2D eigenvalue weighted by Crippen LogP contribution is 2.23. The Kier molecular flexibility index (Phi) is 4.10. The molecule has 0 aliphatic carbocycles. The van der Waals surface area contributed by atoms with Gasteiger partial charge in [0.2, 0.25) is 0 Å². The summed E-state index contributed by atoms with van der Waals surface area (Å²) in [5, 5.41) is 9.31. The van der Waals surface area contributed by atoms with Crippen molar-refractivity contribution in [3.8, 4) is 0 Å². The van der Waals surface area contributed by atoms with Crippen molar-refractivity contribution in [3.05, 3.63) is 34.3 Å². The molecule has 1 unspecified atom stereocenters. The molecule has 1 aromatic carbocycles. The summed E-state index contributed by atoms with van der Waals surface area (Å²) in [6.07, 6.45) is 0.871. The Labute approximate surface area is 117 Å². The van der Waals surface area contributed by atoms with Crippen LogP contribution in [-0.2, 0) is 4.79 Å². The first kappa shape index (κ1) is 13.9. The zero-order valence-electron chi connectivity index (χ0n) is 10.7. The molecular formula is C14H16ClNO3. The standard InChI is InChI=1S/C14H16ClNO3/c1-9-2-3-11(15)7-12(9)14(19)16-5-4-10(8-16)6-13(17)18/h2-3,7,10H,4-6,8H2,1H3,(H,17,18). The maximum atomic E-state index is 12.4. The van der Waals surface area contributed by atoms with Crippen LogP contribution in [0.3, 0.4) is 0 Å². The van der Waals surface area contributed by atoms with Gasteiger partial charge in [0.05, 0.1) is 0 Å². The van der Waals surface area contributed by atoms with E-state index in [9.17, 15) is 9.59 Å². The van der Waals surface area contributed by atoms with E-state index in [2.05, 4.69) is 0 Å². The summed E-state index contributed by atoms with van der Waals surface area (Å²) in [5.74, 6) is -0.813. The third-order valence-corrected chi connectivity index (χ3v) is 3.70. The van der Waals surface area contributed by atoms with E-state index in [4.69, 9.17) is 16.7 Å². The van der Waals surface area contributed by atoms with Gasteiger partial charge in [-0.2, -0.15) is 0 Å². The molecule has 1 fully saturated rings. The van der Waals surface area contributed by atoms with Crippen LogP contribution in [-0.4, -0.2) is 35.0 Å². The van der Waals surface area contributed by atoms with Crippen LogP contribution in [0.2, 0.25) is 5.02 Å². The number of carbonyl (C=O) groups excluding carboxylic acids is 1. The Balaban J connectivity index is 2.09. The second kappa shape index (κ2) is 5.61. The molecule has 2 rings (SSSR count). The van der Waals surface area contributed by atoms with E-state index in [1.165, 1.54) is 0 Å². The van der Waals surface area contributed by atoms with E-state index < -0.39 is 5.97 Å². The van der Waals surface area contributed by atoms with Gasteiger partial charge in [-0.25, -0.2) is 0 Å². The van der Waals surface area contributed by atoms with Crippen LogP contribution in [0.25, 0.3) is 0 Å². The number of amides is 1. The molecule has 0 radical (unpaired) electrons. The monoisotopic (exact) mass is 281 g/mol. The first-order valence-corrected chi connectivity index (χ1v) is 6.62. The Morgan fingerprint density at radius 1 is 1.47 bits per heavy atom. The summed E-state index contributed by atoms with van der Waals surface area (Å²) in [6, 6.07) is 5.25. The zero-order valence-corrected chi connectivity index (χ0v) is 11.5. The van der Waals surface area contributed by atoms with Crippen LogP contribution in [0, 0.1) is 12.8 Å². The van der Waals surface area contributed by atoms with Gasteiger partial charge in [0.25, 0.3) is 5.91 Å². The van der Waals surface area contributed by atoms with Crippen molar-refractivity contribution in [2.45, 2.75) is 19.8 Å². The molecule has 0 saturated carbocycles. The van der Waals surface area contributed by atoms with Crippen molar-refractivity contribution in [1.82, 2.24) is 4.90 Å². The molecule has 1 heterocycles. The summed E-state index contributed by atoms with van der Waals surface area (Å²) in [5.41, 5.74) is 1.49. The molecular weight excluding hydrogens is 266 g/mol. The van der Waals surface area contributed by atoms with E-state index in [0.29, 0.717) is 23.7 Å². The number of aryl methyl sites for hydroxylation is 1. The van der Waals surface area contributed by atoms with E-state index in [-0.39, 0.29) is 18.2 Å². The molecule has 1 N–H and O–H groups in total. The quantitative estimate of drug-likeness (QED) is 0.926. The highest BCUT2D eigenvalue weighted by atomic mass is 35.5. The molecule has 1 atom stereocenters. The SMILES string of the molecule is Cc1ccc(Cl)cc1C(=O)N1CCC(CC(=O)O)C1. The lowest BCUT2D eigenvalue weighted by Crippen LogP contribution is -2.29. The van der Waals surface area contributed by atoms with E-state index in [1.807, 2.05) is 13.0 Å². The van der Waals surface area contributed by atoms with Gasteiger partial charge >= 0.3 is 5.97 Å². The number of halogens is 1. The number of aliphatic carboxylic acids is 1. The fraction of sp³-hybridized carbons (Fsp3) is 0.429. The Morgan fingerprint density at radius 3 is 2.89 bits per heavy atom. The molecule has 102 valence electrons. The van der Waals surface area contributed by atoms with Crippen LogP contribution >= 0.6 is 11.6 Å². The predicted molar refractivity (Wildman–Crippen MR) is 72.5 cm³/mol. The average Bonchev–Trinajstić information content (AvgIpc) is 2.79. The molecule has 0 spiro atoms. The molecule has 19 heavy (non-hydrogen) atoms. The molecule has 0 bridgehead atoms. The Hall–Kier alpha value is -1.55. The van der Waals surface area contributed by atoms with Crippen molar-refractivity contribution in [1.29, 1.82) is 0 Å². The van der Waals surface area contributed by atoms with Gasteiger partial charge in [-0.05, 0) is 37.0 Å². The van der Waals surface area contributed by atoms with Crippen LogP contribution in [0.4, 0.5) is 0 Å². The number of hydrogen-bond donors (Lipinski definition) is 1. The summed E-state index contributed by atoms with van der Waals surface area (Å²) in [7, 11) is 0. The maximum Gasteiger partial charge on any atom is 0.303 e. The third-order valence-electron chi connectivity index (χ3n) is 3.47. The molecule has 1 amide bonds. The number of likely N-dealkylation sites (tertiary alicyclic amines) is 1. The smallest absolute Gasteiger partial charge is 0.303 e. The van der Waals surface area contributed by atoms with Gasteiger partial charge in [-0.3, -0.25) is 9.59 Å². The van der Waals surface area contributed by atoms with E-state index in [1.54, 1.807) is 17.0 Å². The topological polar surface area (TPSA) is 57.6 Å².